The molecule has 1 aromatic heterocycles. The summed E-state index contributed by atoms with van der Waals surface area (Å²) in [5.41, 5.74) is 0.299. The van der Waals surface area contributed by atoms with Gasteiger partial charge in [0.05, 0.1) is 22.1 Å². The number of benzene rings is 2. The minimum atomic E-state index is -0.528. The Kier molecular flexibility index (Phi) is 3.89. The zero-order valence-electron chi connectivity index (χ0n) is 13.8. The lowest BCUT2D eigenvalue weighted by atomic mass is 10.1. The van der Waals surface area contributed by atoms with Gasteiger partial charge in [0.15, 0.2) is 0 Å². The van der Waals surface area contributed by atoms with Crippen LogP contribution in [0.3, 0.4) is 0 Å². The van der Waals surface area contributed by atoms with Crippen LogP contribution < -0.4 is 9.64 Å². The topological polar surface area (TPSA) is 116 Å². The average Bonchev–Trinajstić information content (AvgIpc) is 3.17. The Bertz CT molecular complexity index is 1110. The maximum atomic E-state index is 12.7. The number of imide groups is 1. The molecule has 0 radical (unpaired) electrons. The lowest BCUT2D eigenvalue weighted by Gasteiger charge is -2.07. The number of nitro groups is 1. The number of carbonyl (C=O) groups excluding carboxylic acids is 2. The van der Waals surface area contributed by atoms with E-state index >= 15 is 0 Å². The van der Waals surface area contributed by atoms with E-state index in [1.54, 1.807) is 13.0 Å². The van der Waals surface area contributed by atoms with Gasteiger partial charge in [-0.25, -0.2) is 4.90 Å². The number of nitro benzene ring substituents is 1. The van der Waals surface area contributed by atoms with Crippen LogP contribution in [0.15, 0.2) is 42.5 Å². The van der Waals surface area contributed by atoms with Crippen molar-refractivity contribution >= 4 is 34.0 Å². The molecular weight excluding hydrogens is 372 g/mol. The molecule has 0 fully saturated rings. The van der Waals surface area contributed by atoms with Crippen LogP contribution in [0.2, 0.25) is 0 Å². The Morgan fingerprint density at radius 3 is 2.48 bits per heavy atom. The number of ether oxygens (including phenoxy) is 1. The SMILES string of the molecule is Cc1nnc(N2C(=O)c3ccc(Oc4cccc([N+](=O)[O-])c4)cc3C2=O)s1. The molecule has 1 aliphatic rings. The largest absolute Gasteiger partial charge is 0.457 e. The van der Waals surface area contributed by atoms with Crippen LogP contribution in [0.4, 0.5) is 10.8 Å². The average molecular weight is 382 g/mol. The Labute approximate surface area is 156 Å². The molecule has 0 N–H and O–H groups in total. The van der Waals surface area contributed by atoms with Gasteiger partial charge in [0.1, 0.15) is 16.5 Å². The molecular formula is C17H10N4O5S. The quantitative estimate of drug-likeness (QED) is 0.386. The second-order valence-electron chi connectivity index (χ2n) is 5.61. The summed E-state index contributed by atoms with van der Waals surface area (Å²) in [5.74, 6) is -0.466. The van der Waals surface area contributed by atoms with E-state index in [1.807, 2.05) is 0 Å². The van der Waals surface area contributed by atoms with Crippen molar-refractivity contribution in [2.24, 2.45) is 0 Å². The van der Waals surface area contributed by atoms with Crippen molar-refractivity contribution < 1.29 is 19.2 Å². The smallest absolute Gasteiger partial charge is 0.273 e. The summed E-state index contributed by atoms with van der Waals surface area (Å²) in [6, 6.07) is 10.1. The molecule has 9 nitrogen and oxygen atoms in total. The van der Waals surface area contributed by atoms with Crippen molar-refractivity contribution in [3.8, 4) is 11.5 Å². The highest BCUT2D eigenvalue weighted by molar-refractivity contribution is 7.15. The first-order valence-electron chi connectivity index (χ1n) is 7.69. The molecule has 27 heavy (non-hydrogen) atoms. The number of hydrogen-bond donors (Lipinski definition) is 0. The van der Waals surface area contributed by atoms with Crippen molar-refractivity contribution in [3.63, 3.8) is 0 Å². The highest BCUT2D eigenvalue weighted by Gasteiger charge is 2.39. The molecule has 2 aromatic carbocycles. The fourth-order valence-corrected chi connectivity index (χ4v) is 3.31. The van der Waals surface area contributed by atoms with Crippen LogP contribution in [-0.4, -0.2) is 26.9 Å². The summed E-state index contributed by atoms with van der Waals surface area (Å²) in [5, 5.41) is 19.4. The summed E-state index contributed by atoms with van der Waals surface area (Å²) in [6.45, 7) is 1.73. The van der Waals surface area contributed by atoms with Gasteiger partial charge in [-0.1, -0.05) is 17.4 Å². The first kappa shape index (κ1) is 16.8. The van der Waals surface area contributed by atoms with E-state index in [4.69, 9.17) is 4.74 Å². The molecule has 0 aliphatic carbocycles. The fourth-order valence-electron chi connectivity index (χ4n) is 2.63. The van der Waals surface area contributed by atoms with Crippen molar-refractivity contribution in [1.29, 1.82) is 0 Å². The molecule has 0 spiro atoms. The van der Waals surface area contributed by atoms with Crippen LogP contribution in [0.25, 0.3) is 0 Å². The summed E-state index contributed by atoms with van der Waals surface area (Å²) in [6.07, 6.45) is 0. The maximum absolute atomic E-state index is 12.7. The van der Waals surface area contributed by atoms with Crippen molar-refractivity contribution in [3.05, 3.63) is 68.7 Å². The molecule has 0 saturated heterocycles. The van der Waals surface area contributed by atoms with E-state index in [9.17, 15) is 19.7 Å². The second-order valence-corrected chi connectivity index (χ2v) is 6.77. The number of anilines is 1. The van der Waals surface area contributed by atoms with Crippen LogP contribution in [0.1, 0.15) is 25.7 Å². The van der Waals surface area contributed by atoms with E-state index < -0.39 is 16.7 Å². The Hall–Kier alpha value is -3.66. The maximum Gasteiger partial charge on any atom is 0.273 e. The number of non-ortho nitro benzene ring substituents is 1. The van der Waals surface area contributed by atoms with E-state index in [0.29, 0.717) is 5.01 Å². The van der Waals surface area contributed by atoms with E-state index in [2.05, 4.69) is 10.2 Å². The molecule has 10 heteroatoms. The molecule has 0 bridgehead atoms. The highest BCUT2D eigenvalue weighted by Crippen LogP contribution is 2.33. The number of nitrogens with zero attached hydrogens (tertiary/aromatic N) is 4. The molecule has 4 rings (SSSR count). The van der Waals surface area contributed by atoms with Crippen LogP contribution in [0, 0.1) is 17.0 Å². The summed E-state index contributed by atoms with van der Waals surface area (Å²) in [7, 11) is 0. The Morgan fingerprint density at radius 2 is 1.78 bits per heavy atom. The van der Waals surface area contributed by atoms with Gasteiger partial charge in [-0.3, -0.25) is 19.7 Å². The molecule has 0 saturated carbocycles. The van der Waals surface area contributed by atoms with Gasteiger partial charge < -0.3 is 4.74 Å². The molecule has 1 aliphatic heterocycles. The van der Waals surface area contributed by atoms with Gasteiger partial charge >= 0.3 is 0 Å². The third-order valence-corrected chi connectivity index (χ3v) is 4.65. The minimum Gasteiger partial charge on any atom is -0.457 e. The summed E-state index contributed by atoms with van der Waals surface area (Å²) in [4.78, 5) is 36.5. The third-order valence-electron chi connectivity index (χ3n) is 3.83. The predicted octanol–water partition coefficient (Wildman–Crippen LogP) is 3.35. The van der Waals surface area contributed by atoms with Gasteiger partial charge in [-0.2, -0.15) is 0 Å². The second kappa shape index (κ2) is 6.25. The number of amides is 2. The summed E-state index contributed by atoms with van der Waals surface area (Å²) >= 11 is 1.14. The molecule has 134 valence electrons. The van der Waals surface area contributed by atoms with Crippen LogP contribution in [-0.2, 0) is 0 Å². The van der Waals surface area contributed by atoms with Crippen molar-refractivity contribution in [1.82, 2.24) is 10.2 Å². The lowest BCUT2D eigenvalue weighted by Crippen LogP contribution is -2.29. The van der Waals surface area contributed by atoms with Crippen molar-refractivity contribution in [2.75, 3.05) is 4.90 Å². The molecule has 0 atom stereocenters. The van der Waals surface area contributed by atoms with Crippen LogP contribution >= 0.6 is 11.3 Å². The first-order chi connectivity index (χ1) is 12.9. The molecule has 2 heterocycles. The van der Waals surface area contributed by atoms with Gasteiger partial charge in [-0.05, 0) is 31.2 Å². The van der Waals surface area contributed by atoms with E-state index in [-0.39, 0.29) is 33.4 Å². The number of carbonyl (C=O) groups is 2. The van der Waals surface area contributed by atoms with Gasteiger partial charge in [0.25, 0.3) is 17.5 Å². The number of hydrogen-bond acceptors (Lipinski definition) is 8. The normalized spacial score (nSPS) is 13.0. The lowest BCUT2D eigenvalue weighted by molar-refractivity contribution is -0.384. The highest BCUT2D eigenvalue weighted by atomic mass is 32.1. The van der Waals surface area contributed by atoms with E-state index in [1.165, 1.54) is 36.4 Å². The molecule has 2 amide bonds. The third kappa shape index (κ3) is 2.91. The zero-order chi connectivity index (χ0) is 19.1. The number of fused-ring (bicyclic) bond motifs is 1. The minimum absolute atomic E-state index is 0.113. The number of rotatable bonds is 4. The van der Waals surface area contributed by atoms with Gasteiger partial charge in [-0.15, -0.1) is 10.2 Å². The Morgan fingerprint density at radius 1 is 1.04 bits per heavy atom. The molecule has 0 unspecified atom stereocenters. The first-order valence-corrected chi connectivity index (χ1v) is 8.51. The van der Waals surface area contributed by atoms with Crippen molar-refractivity contribution in [2.45, 2.75) is 6.92 Å². The predicted molar refractivity (Wildman–Crippen MR) is 95.4 cm³/mol. The van der Waals surface area contributed by atoms with Gasteiger partial charge in [0.2, 0.25) is 5.13 Å². The molecule has 3 aromatic rings. The fraction of sp³-hybridized carbons (Fsp3) is 0.0588. The van der Waals surface area contributed by atoms with Gasteiger partial charge in [0, 0.05) is 6.07 Å². The zero-order valence-corrected chi connectivity index (χ0v) is 14.6. The van der Waals surface area contributed by atoms with E-state index in [0.717, 1.165) is 16.2 Å². The number of aromatic nitrogens is 2. The van der Waals surface area contributed by atoms with Crippen LogP contribution in [0.5, 0.6) is 11.5 Å². The Balaban J connectivity index is 1.65. The number of aryl methyl sites for hydroxylation is 1. The summed E-state index contributed by atoms with van der Waals surface area (Å²) < 4.78 is 5.61. The standard InChI is InChI=1S/C17H10N4O5S/c1-9-18-19-17(27-9)20-15(22)13-6-5-12(8-14(13)16(20)23)26-11-4-2-3-10(7-11)21(24)25/h2-8H,1H3. The monoisotopic (exact) mass is 382 g/mol.